The normalized spacial score (nSPS) is 11.8. The van der Waals surface area contributed by atoms with Crippen LogP contribution in [0.5, 0.6) is 5.75 Å². The summed E-state index contributed by atoms with van der Waals surface area (Å²) >= 11 is 4.93. The van der Waals surface area contributed by atoms with Crippen molar-refractivity contribution in [2.45, 2.75) is 24.8 Å². The molecule has 0 aliphatic rings. The topological polar surface area (TPSA) is 38.3 Å². The minimum absolute atomic E-state index is 0.0244. The van der Waals surface area contributed by atoms with Crippen LogP contribution in [-0.2, 0) is 4.79 Å². The number of nitrogens with one attached hydrogen (secondary N) is 1. The van der Waals surface area contributed by atoms with Crippen LogP contribution in [0.25, 0.3) is 0 Å². The summed E-state index contributed by atoms with van der Waals surface area (Å²) in [6.07, 6.45) is 0. The van der Waals surface area contributed by atoms with Gasteiger partial charge in [0, 0.05) is 9.37 Å². The Kier molecular flexibility index (Phi) is 6.99. The van der Waals surface area contributed by atoms with E-state index in [2.05, 4.69) is 21.2 Å². The summed E-state index contributed by atoms with van der Waals surface area (Å²) in [7, 11) is 0. The van der Waals surface area contributed by atoms with Crippen molar-refractivity contribution in [1.29, 1.82) is 0 Å². The predicted octanol–water partition coefficient (Wildman–Crippen LogP) is 4.82. The first kappa shape index (κ1) is 17.9. The van der Waals surface area contributed by atoms with Gasteiger partial charge in [0.2, 0.25) is 5.91 Å². The zero-order chi connectivity index (χ0) is 16.7. The fraction of sp³-hybridized carbons (Fsp3) is 0.278. The second kappa shape index (κ2) is 8.99. The van der Waals surface area contributed by atoms with E-state index in [0.29, 0.717) is 12.4 Å². The van der Waals surface area contributed by atoms with Gasteiger partial charge in [-0.1, -0.05) is 28.1 Å². The number of hydrogen-bond acceptors (Lipinski definition) is 3. The molecule has 0 aromatic heterocycles. The molecule has 0 heterocycles. The molecule has 1 unspecified atom stereocenters. The van der Waals surface area contributed by atoms with Crippen LogP contribution in [0.2, 0.25) is 0 Å². The average molecular weight is 394 g/mol. The van der Waals surface area contributed by atoms with E-state index in [0.717, 1.165) is 20.7 Å². The zero-order valence-electron chi connectivity index (χ0n) is 13.2. The fourth-order valence-corrected chi connectivity index (χ4v) is 3.04. The quantitative estimate of drug-likeness (QED) is 0.685. The first-order valence-electron chi connectivity index (χ1n) is 7.49. The molecule has 3 nitrogen and oxygen atoms in total. The van der Waals surface area contributed by atoms with E-state index < -0.39 is 0 Å². The largest absolute Gasteiger partial charge is 0.494 e. The molecule has 1 atom stereocenters. The van der Waals surface area contributed by atoms with E-state index in [4.69, 9.17) is 4.74 Å². The van der Waals surface area contributed by atoms with Crippen molar-refractivity contribution >= 4 is 33.6 Å². The van der Waals surface area contributed by atoms with E-state index >= 15 is 0 Å². The summed E-state index contributed by atoms with van der Waals surface area (Å²) in [6.45, 7) is 4.59. The Morgan fingerprint density at radius 3 is 2.43 bits per heavy atom. The van der Waals surface area contributed by atoms with Crippen LogP contribution >= 0.6 is 27.7 Å². The van der Waals surface area contributed by atoms with Gasteiger partial charge in [-0.2, -0.15) is 0 Å². The van der Waals surface area contributed by atoms with Crippen LogP contribution < -0.4 is 10.1 Å². The number of thioether (sulfide) groups is 1. The summed E-state index contributed by atoms with van der Waals surface area (Å²) in [4.78, 5) is 13.2. The number of halogens is 1. The molecule has 2 aromatic rings. The molecule has 5 heteroatoms. The van der Waals surface area contributed by atoms with Gasteiger partial charge in [0.15, 0.2) is 0 Å². The van der Waals surface area contributed by atoms with Gasteiger partial charge in [-0.15, -0.1) is 11.8 Å². The third-order valence-corrected chi connectivity index (χ3v) is 4.79. The molecule has 2 rings (SSSR count). The smallest absolute Gasteiger partial charge is 0.230 e. The minimum atomic E-state index is -0.0244. The molecular formula is C18H20BrNO2S. The molecule has 0 radical (unpaired) electrons. The van der Waals surface area contributed by atoms with Gasteiger partial charge in [-0.3, -0.25) is 4.79 Å². The lowest BCUT2D eigenvalue weighted by Crippen LogP contribution is -2.28. The Hall–Kier alpha value is -1.46. The highest BCUT2D eigenvalue weighted by Gasteiger charge is 2.10. The Morgan fingerprint density at radius 1 is 1.17 bits per heavy atom. The number of carbonyl (C=O) groups excluding carboxylic acids is 1. The van der Waals surface area contributed by atoms with E-state index in [1.807, 2.05) is 62.4 Å². The summed E-state index contributed by atoms with van der Waals surface area (Å²) in [5, 5.41) is 3.02. The summed E-state index contributed by atoms with van der Waals surface area (Å²) in [5.74, 6) is 1.28. The van der Waals surface area contributed by atoms with Gasteiger partial charge in [-0.25, -0.2) is 0 Å². The van der Waals surface area contributed by atoms with E-state index in [1.54, 1.807) is 0 Å². The number of hydrogen-bond donors (Lipinski definition) is 1. The SMILES string of the molecule is CCOc1ccc(C(C)NC(=O)CSc2ccc(Br)cc2)cc1. The van der Waals surface area contributed by atoms with Crippen molar-refractivity contribution in [3.8, 4) is 5.75 Å². The van der Waals surface area contributed by atoms with E-state index in [1.165, 1.54) is 11.8 Å². The van der Waals surface area contributed by atoms with Crippen molar-refractivity contribution in [1.82, 2.24) is 5.32 Å². The number of carbonyl (C=O) groups is 1. The van der Waals surface area contributed by atoms with Crippen LogP contribution in [0.4, 0.5) is 0 Å². The van der Waals surface area contributed by atoms with Gasteiger partial charge >= 0.3 is 0 Å². The van der Waals surface area contributed by atoms with Crippen molar-refractivity contribution < 1.29 is 9.53 Å². The monoisotopic (exact) mass is 393 g/mol. The zero-order valence-corrected chi connectivity index (χ0v) is 15.6. The van der Waals surface area contributed by atoms with Gasteiger partial charge < -0.3 is 10.1 Å². The number of amides is 1. The maximum Gasteiger partial charge on any atom is 0.230 e. The van der Waals surface area contributed by atoms with Crippen LogP contribution in [0, 0.1) is 0 Å². The molecule has 2 aromatic carbocycles. The number of rotatable bonds is 7. The second-order valence-electron chi connectivity index (χ2n) is 5.03. The van der Waals surface area contributed by atoms with Crippen molar-refractivity contribution in [3.63, 3.8) is 0 Å². The third kappa shape index (κ3) is 5.92. The summed E-state index contributed by atoms with van der Waals surface area (Å²) in [5.41, 5.74) is 1.07. The third-order valence-electron chi connectivity index (χ3n) is 3.25. The molecule has 0 bridgehead atoms. The molecule has 0 aliphatic carbocycles. The highest BCUT2D eigenvalue weighted by atomic mass is 79.9. The molecule has 1 N–H and O–H groups in total. The van der Waals surface area contributed by atoms with Crippen molar-refractivity contribution in [3.05, 3.63) is 58.6 Å². The highest BCUT2D eigenvalue weighted by molar-refractivity contribution is 9.10. The predicted molar refractivity (Wildman–Crippen MR) is 99.0 cm³/mol. The lowest BCUT2D eigenvalue weighted by atomic mass is 10.1. The molecule has 1 amide bonds. The maximum absolute atomic E-state index is 12.1. The van der Waals surface area contributed by atoms with Crippen LogP contribution in [0.1, 0.15) is 25.5 Å². The number of benzene rings is 2. The molecule has 122 valence electrons. The molecule has 0 saturated heterocycles. The van der Waals surface area contributed by atoms with Gasteiger partial charge in [0.05, 0.1) is 18.4 Å². The standard InChI is InChI=1S/C18H20BrNO2S/c1-3-22-16-8-4-14(5-9-16)13(2)20-18(21)12-23-17-10-6-15(19)7-11-17/h4-11,13H,3,12H2,1-2H3,(H,20,21). The van der Waals surface area contributed by atoms with Crippen LogP contribution in [-0.4, -0.2) is 18.3 Å². The van der Waals surface area contributed by atoms with Crippen molar-refractivity contribution in [2.24, 2.45) is 0 Å². The highest BCUT2D eigenvalue weighted by Crippen LogP contribution is 2.21. The van der Waals surface area contributed by atoms with E-state index in [-0.39, 0.29) is 11.9 Å². The average Bonchev–Trinajstić information content (AvgIpc) is 2.55. The summed E-state index contributed by atoms with van der Waals surface area (Å²) in [6, 6.07) is 15.7. The first-order chi connectivity index (χ1) is 11.1. The molecule has 0 saturated carbocycles. The Bertz CT molecular complexity index is 628. The molecule has 0 fully saturated rings. The lowest BCUT2D eigenvalue weighted by Gasteiger charge is -2.15. The molecule has 0 spiro atoms. The minimum Gasteiger partial charge on any atom is -0.494 e. The van der Waals surface area contributed by atoms with Crippen LogP contribution in [0.15, 0.2) is 57.9 Å². The molecular weight excluding hydrogens is 374 g/mol. The van der Waals surface area contributed by atoms with Gasteiger partial charge in [0.1, 0.15) is 5.75 Å². The van der Waals surface area contributed by atoms with E-state index in [9.17, 15) is 4.79 Å². The Labute approximate surface area is 149 Å². The first-order valence-corrected chi connectivity index (χ1v) is 9.27. The van der Waals surface area contributed by atoms with Gasteiger partial charge in [0.25, 0.3) is 0 Å². The van der Waals surface area contributed by atoms with Crippen molar-refractivity contribution in [2.75, 3.05) is 12.4 Å². The summed E-state index contributed by atoms with van der Waals surface area (Å²) < 4.78 is 6.46. The fourth-order valence-electron chi connectivity index (χ4n) is 2.07. The molecule has 23 heavy (non-hydrogen) atoms. The maximum atomic E-state index is 12.1. The number of ether oxygens (including phenoxy) is 1. The van der Waals surface area contributed by atoms with Gasteiger partial charge in [-0.05, 0) is 55.8 Å². The lowest BCUT2D eigenvalue weighted by molar-refractivity contribution is -0.119. The Balaban J connectivity index is 1.82. The Morgan fingerprint density at radius 2 is 1.83 bits per heavy atom. The molecule has 0 aliphatic heterocycles. The van der Waals surface area contributed by atoms with Crippen LogP contribution in [0.3, 0.4) is 0 Å². The second-order valence-corrected chi connectivity index (χ2v) is 7.00.